The van der Waals surface area contributed by atoms with Gasteiger partial charge in [-0.05, 0) is 45.4 Å². The summed E-state index contributed by atoms with van der Waals surface area (Å²) in [5, 5.41) is 9.51. The predicted molar refractivity (Wildman–Crippen MR) is 61.2 cm³/mol. The molecule has 0 amide bonds. The molecule has 2 unspecified atom stereocenters. The lowest BCUT2D eigenvalue weighted by molar-refractivity contribution is -0.153. The average Bonchev–Trinajstić information content (AvgIpc) is 2.95. The summed E-state index contributed by atoms with van der Waals surface area (Å²) in [7, 11) is 0. The fraction of sp³-hybridized carbons (Fsp3) is 0.769. The highest BCUT2D eigenvalue weighted by Crippen LogP contribution is 2.50. The van der Waals surface area contributed by atoms with E-state index in [1.807, 2.05) is 19.9 Å². The minimum Gasteiger partial charge on any atom is -0.481 e. The van der Waals surface area contributed by atoms with Gasteiger partial charge in [0.25, 0.3) is 0 Å². The highest BCUT2D eigenvalue weighted by molar-refractivity contribution is 5.76. The van der Waals surface area contributed by atoms with Crippen molar-refractivity contribution in [3.8, 4) is 0 Å². The molecule has 3 nitrogen and oxygen atoms in total. The maximum absolute atomic E-state index is 11.6. The van der Waals surface area contributed by atoms with E-state index in [0.29, 0.717) is 25.4 Å². The number of allylic oxidation sites excluding steroid dienone is 2. The highest BCUT2D eigenvalue weighted by atomic mass is 16.5. The van der Waals surface area contributed by atoms with Crippen molar-refractivity contribution in [2.75, 3.05) is 6.61 Å². The lowest BCUT2D eigenvalue weighted by Crippen LogP contribution is -2.40. The monoisotopic (exact) mass is 224 g/mol. The van der Waals surface area contributed by atoms with Crippen molar-refractivity contribution in [3.05, 3.63) is 11.6 Å². The van der Waals surface area contributed by atoms with Gasteiger partial charge >= 0.3 is 5.97 Å². The van der Waals surface area contributed by atoms with E-state index in [1.54, 1.807) is 0 Å². The molecule has 1 saturated carbocycles. The van der Waals surface area contributed by atoms with Gasteiger partial charge < -0.3 is 9.84 Å². The van der Waals surface area contributed by atoms with E-state index in [9.17, 15) is 9.90 Å². The van der Waals surface area contributed by atoms with Crippen molar-refractivity contribution in [1.29, 1.82) is 0 Å². The summed E-state index contributed by atoms with van der Waals surface area (Å²) in [6.07, 6.45) is 5.53. The van der Waals surface area contributed by atoms with E-state index in [0.717, 1.165) is 12.8 Å². The van der Waals surface area contributed by atoms with Gasteiger partial charge in [-0.15, -0.1) is 0 Å². The molecule has 0 radical (unpaired) electrons. The Labute approximate surface area is 96.5 Å². The van der Waals surface area contributed by atoms with Crippen LogP contribution in [0.25, 0.3) is 0 Å². The van der Waals surface area contributed by atoms with Gasteiger partial charge in [-0.2, -0.15) is 0 Å². The molecule has 0 spiro atoms. The standard InChI is InChI=1S/C13H20O3/c1-9(2)5-6-13(12(14)15)7-8-16-11(13)10-3-4-10/h5,10-11H,3-4,6-8H2,1-2H3,(H,14,15). The summed E-state index contributed by atoms with van der Waals surface area (Å²) in [4.78, 5) is 11.6. The topological polar surface area (TPSA) is 46.5 Å². The van der Waals surface area contributed by atoms with Crippen molar-refractivity contribution >= 4 is 5.97 Å². The molecule has 0 aromatic heterocycles. The van der Waals surface area contributed by atoms with Crippen molar-refractivity contribution in [2.45, 2.75) is 45.6 Å². The number of rotatable bonds is 4. The molecule has 2 rings (SSSR count). The number of carbonyl (C=O) groups is 1. The number of hydrogen-bond donors (Lipinski definition) is 1. The number of carboxylic acid groups (broad SMARTS) is 1. The van der Waals surface area contributed by atoms with Crippen LogP contribution in [-0.4, -0.2) is 23.8 Å². The SMILES string of the molecule is CC(C)=CCC1(C(=O)O)CCOC1C1CC1. The van der Waals surface area contributed by atoms with Crippen LogP contribution in [0.1, 0.15) is 39.5 Å². The van der Waals surface area contributed by atoms with Gasteiger partial charge in [-0.3, -0.25) is 4.79 Å². The minimum absolute atomic E-state index is 0.0550. The van der Waals surface area contributed by atoms with Crippen LogP contribution in [0, 0.1) is 11.3 Å². The van der Waals surface area contributed by atoms with Gasteiger partial charge in [-0.25, -0.2) is 0 Å². The van der Waals surface area contributed by atoms with Crippen LogP contribution in [0.5, 0.6) is 0 Å². The molecule has 90 valence electrons. The van der Waals surface area contributed by atoms with E-state index in [-0.39, 0.29) is 6.10 Å². The maximum Gasteiger partial charge on any atom is 0.312 e. The predicted octanol–water partition coefficient (Wildman–Crippen LogP) is 2.61. The van der Waals surface area contributed by atoms with E-state index in [4.69, 9.17) is 4.74 Å². The summed E-state index contributed by atoms with van der Waals surface area (Å²) >= 11 is 0. The third kappa shape index (κ3) is 2.01. The Balaban J connectivity index is 2.19. The molecule has 0 aromatic rings. The molecule has 0 aromatic carbocycles. The number of hydrogen-bond acceptors (Lipinski definition) is 2. The van der Waals surface area contributed by atoms with Crippen LogP contribution >= 0.6 is 0 Å². The zero-order valence-electron chi connectivity index (χ0n) is 10.0. The molecule has 1 aliphatic carbocycles. The first-order valence-corrected chi connectivity index (χ1v) is 6.04. The molecular weight excluding hydrogens is 204 g/mol. The largest absolute Gasteiger partial charge is 0.481 e. The summed E-state index contributed by atoms with van der Waals surface area (Å²) in [6, 6.07) is 0. The maximum atomic E-state index is 11.6. The quantitative estimate of drug-likeness (QED) is 0.747. The lowest BCUT2D eigenvalue weighted by atomic mass is 9.75. The molecule has 3 heteroatoms. The van der Waals surface area contributed by atoms with Crippen molar-refractivity contribution in [3.63, 3.8) is 0 Å². The Morgan fingerprint density at radius 3 is 2.69 bits per heavy atom. The van der Waals surface area contributed by atoms with Crippen LogP contribution in [0.15, 0.2) is 11.6 Å². The lowest BCUT2D eigenvalue weighted by Gasteiger charge is -2.28. The van der Waals surface area contributed by atoms with Gasteiger partial charge in [0.2, 0.25) is 0 Å². The molecule has 2 atom stereocenters. The van der Waals surface area contributed by atoms with Crippen molar-refractivity contribution in [1.82, 2.24) is 0 Å². The first-order valence-electron chi connectivity index (χ1n) is 6.04. The molecule has 2 aliphatic rings. The summed E-state index contributed by atoms with van der Waals surface area (Å²) < 4.78 is 5.68. The highest BCUT2D eigenvalue weighted by Gasteiger charge is 2.55. The molecule has 1 N–H and O–H groups in total. The summed E-state index contributed by atoms with van der Waals surface area (Å²) in [5.41, 5.74) is 0.528. The number of carboxylic acids is 1. The van der Waals surface area contributed by atoms with E-state index >= 15 is 0 Å². The fourth-order valence-corrected chi connectivity index (χ4v) is 2.58. The summed E-state index contributed by atoms with van der Waals surface area (Å²) in [5.74, 6) is -0.191. The third-order valence-corrected chi connectivity index (χ3v) is 3.74. The number of aliphatic carboxylic acids is 1. The van der Waals surface area contributed by atoms with Gasteiger partial charge in [0.1, 0.15) is 0 Å². The van der Waals surface area contributed by atoms with Crippen LogP contribution < -0.4 is 0 Å². The normalized spacial score (nSPS) is 33.8. The molecular formula is C13H20O3. The minimum atomic E-state index is -0.681. The zero-order valence-corrected chi connectivity index (χ0v) is 10.0. The third-order valence-electron chi connectivity index (χ3n) is 3.74. The Kier molecular flexibility index (Phi) is 3.06. The zero-order chi connectivity index (χ0) is 11.8. The second-order valence-corrected chi connectivity index (χ2v) is 5.33. The Morgan fingerprint density at radius 1 is 1.50 bits per heavy atom. The van der Waals surface area contributed by atoms with Gasteiger partial charge in [0, 0.05) is 6.61 Å². The van der Waals surface area contributed by atoms with E-state index in [2.05, 4.69) is 0 Å². The van der Waals surface area contributed by atoms with Gasteiger partial charge in [0.15, 0.2) is 0 Å². The van der Waals surface area contributed by atoms with Gasteiger partial charge in [0.05, 0.1) is 11.5 Å². The molecule has 1 aliphatic heterocycles. The second kappa shape index (κ2) is 4.21. The second-order valence-electron chi connectivity index (χ2n) is 5.33. The number of ether oxygens (including phenoxy) is 1. The molecule has 0 bridgehead atoms. The molecule has 1 heterocycles. The van der Waals surface area contributed by atoms with Crippen LogP contribution in [0.2, 0.25) is 0 Å². The van der Waals surface area contributed by atoms with Crippen molar-refractivity contribution in [2.24, 2.45) is 11.3 Å². The Hall–Kier alpha value is -0.830. The fourth-order valence-electron chi connectivity index (χ4n) is 2.58. The Bertz CT molecular complexity index is 313. The molecule has 1 saturated heterocycles. The van der Waals surface area contributed by atoms with Crippen molar-refractivity contribution < 1.29 is 14.6 Å². The van der Waals surface area contributed by atoms with Crippen LogP contribution in [0.3, 0.4) is 0 Å². The first-order chi connectivity index (χ1) is 7.56. The van der Waals surface area contributed by atoms with E-state index in [1.165, 1.54) is 5.57 Å². The summed E-state index contributed by atoms with van der Waals surface area (Å²) in [6.45, 7) is 4.62. The molecule has 2 fully saturated rings. The Morgan fingerprint density at radius 2 is 2.19 bits per heavy atom. The van der Waals surface area contributed by atoms with Crippen LogP contribution in [0.4, 0.5) is 0 Å². The first kappa shape index (κ1) is 11.6. The van der Waals surface area contributed by atoms with Crippen LogP contribution in [-0.2, 0) is 9.53 Å². The van der Waals surface area contributed by atoms with Gasteiger partial charge in [-0.1, -0.05) is 11.6 Å². The molecule has 16 heavy (non-hydrogen) atoms. The average molecular weight is 224 g/mol. The van der Waals surface area contributed by atoms with E-state index < -0.39 is 11.4 Å². The smallest absolute Gasteiger partial charge is 0.312 e.